The highest BCUT2D eigenvalue weighted by molar-refractivity contribution is 5.77. The second kappa shape index (κ2) is 5.85. The molecule has 2 rings (SSSR count). The summed E-state index contributed by atoms with van der Waals surface area (Å²) < 4.78 is 0. The van der Waals surface area contributed by atoms with E-state index in [1.165, 1.54) is 38.5 Å². The predicted octanol–water partition coefficient (Wildman–Crippen LogP) is 2.34. The van der Waals surface area contributed by atoms with Crippen LogP contribution in [-0.4, -0.2) is 18.0 Å². The minimum absolute atomic E-state index is 0.152. The minimum atomic E-state index is -0.171. The molecule has 0 aromatic heterocycles. The molecular weight excluding hydrogens is 212 g/mol. The Labute approximate surface area is 105 Å². The molecular formula is C14H26N2O. The third-order valence-electron chi connectivity index (χ3n) is 4.45. The van der Waals surface area contributed by atoms with Crippen molar-refractivity contribution in [3.8, 4) is 0 Å². The molecule has 3 heteroatoms. The smallest absolute Gasteiger partial charge is 0.221 e. The van der Waals surface area contributed by atoms with E-state index in [-0.39, 0.29) is 11.4 Å². The molecule has 1 amide bonds. The summed E-state index contributed by atoms with van der Waals surface area (Å²) in [7, 11) is 0. The first-order valence-electron chi connectivity index (χ1n) is 7.24. The maximum absolute atomic E-state index is 11.7. The molecule has 0 aliphatic heterocycles. The van der Waals surface area contributed by atoms with Crippen molar-refractivity contribution in [1.82, 2.24) is 5.32 Å². The van der Waals surface area contributed by atoms with Crippen molar-refractivity contribution in [2.45, 2.75) is 69.7 Å². The molecule has 2 fully saturated rings. The SMILES string of the molecule is NC1(CC(=O)NCCCC2CCCC2)CCC1. The van der Waals surface area contributed by atoms with E-state index in [4.69, 9.17) is 5.73 Å². The van der Waals surface area contributed by atoms with Gasteiger partial charge in [-0.2, -0.15) is 0 Å². The van der Waals surface area contributed by atoms with Crippen LogP contribution in [-0.2, 0) is 4.79 Å². The van der Waals surface area contributed by atoms with Crippen molar-refractivity contribution in [3.63, 3.8) is 0 Å². The molecule has 17 heavy (non-hydrogen) atoms. The first-order valence-corrected chi connectivity index (χ1v) is 7.24. The Morgan fingerprint density at radius 3 is 2.53 bits per heavy atom. The highest BCUT2D eigenvalue weighted by atomic mass is 16.1. The molecule has 0 radical (unpaired) electrons. The summed E-state index contributed by atoms with van der Waals surface area (Å²) in [6, 6.07) is 0. The van der Waals surface area contributed by atoms with Gasteiger partial charge in [0.25, 0.3) is 0 Å². The van der Waals surface area contributed by atoms with Crippen molar-refractivity contribution in [1.29, 1.82) is 0 Å². The Hall–Kier alpha value is -0.570. The fourth-order valence-corrected chi connectivity index (χ4v) is 3.11. The number of amides is 1. The first-order chi connectivity index (χ1) is 8.18. The van der Waals surface area contributed by atoms with E-state index in [0.717, 1.165) is 31.7 Å². The van der Waals surface area contributed by atoms with Crippen LogP contribution >= 0.6 is 0 Å². The predicted molar refractivity (Wildman–Crippen MR) is 69.6 cm³/mol. The summed E-state index contributed by atoms with van der Waals surface area (Å²) in [5.74, 6) is 1.08. The van der Waals surface area contributed by atoms with E-state index in [1.807, 2.05) is 0 Å². The largest absolute Gasteiger partial charge is 0.356 e. The van der Waals surface area contributed by atoms with Gasteiger partial charge in [0.15, 0.2) is 0 Å². The fraction of sp³-hybridized carbons (Fsp3) is 0.929. The van der Waals surface area contributed by atoms with Gasteiger partial charge in [-0.05, 0) is 38.0 Å². The Kier molecular flexibility index (Phi) is 4.43. The number of nitrogens with two attached hydrogens (primary N) is 1. The lowest BCUT2D eigenvalue weighted by molar-refractivity contribution is -0.123. The van der Waals surface area contributed by atoms with E-state index in [2.05, 4.69) is 5.32 Å². The summed E-state index contributed by atoms with van der Waals surface area (Å²) in [6.45, 7) is 0.839. The lowest BCUT2D eigenvalue weighted by Gasteiger charge is -2.37. The Morgan fingerprint density at radius 2 is 1.94 bits per heavy atom. The number of nitrogens with one attached hydrogen (secondary N) is 1. The van der Waals surface area contributed by atoms with Crippen molar-refractivity contribution < 1.29 is 4.79 Å². The van der Waals surface area contributed by atoms with Crippen LogP contribution in [0.4, 0.5) is 0 Å². The van der Waals surface area contributed by atoms with Gasteiger partial charge in [-0.1, -0.05) is 25.7 Å². The summed E-state index contributed by atoms with van der Waals surface area (Å²) in [5.41, 5.74) is 5.88. The normalized spacial score (nSPS) is 23.4. The molecule has 3 N–H and O–H groups in total. The zero-order valence-electron chi connectivity index (χ0n) is 10.8. The van der Waals surface area contributed by atoms with E-state index >= 15 is 0 Å². The zero-order chi connectivity index (χ0) is 12.1. The molecule has 0 bridgehead atoms. The molecule has 98 valence electrons. The standard InChI is InChI=1S/C14H26N2O/c15-14(8-4-9-14)11-13(17)16-10-3-7-12-5-1-2-6-12/h12H,1-11,15H2,(H,16,17). The summed E-state index contributed by atoms with van der Waals surface area (Å²) >= 11 is 0. The van der Waals surface area contributed by atoms with Gasteiger partial charge in [-0.25, -0.2) is 0 Å². The van der Waals surface area contributed by atoms with Crippen LogP contribution in [0.15, 0.2) is 0 Å². The second-order valence-electron chi connectivity index (χ2n) is 6.04. The Balaban J connectivity index is 1.50. The highest BCUT2D eigenvalue weighted by Crippen LogP contribution is 2.32. The maximum Gasteiger partial charge on any atom is 0.221 e. The Morgan fingerprint density at radius 1 is 1.24 bits per heavy atom. The van der Waals surface area contributed by atoms with E-state index in [0.29, 0.717) is 6.42 Å². The van der Waals surface area contributed by atoms with Gasteiger partial charge in [0, 0.05) is 18.5 Å². The molecule has 0 saturated heterocycles. The molecule has 0 spiro atoms. The Bertz CT molecular complexity index is 255. The molecule has 0 atom stereocenters. The van der Waals surface area contributed by atoms with Crippen LogP contribution in [0.2, 0.25) is 0 Å². The third kappa shape index (κ3) is 3.98. The van der Waals surface area contributed by atoms with Crippen molar-refractivity contribution >= 4 is 5.91 Å². The van der Waals surface area contributed by atoms with Gasteiger partial charge < -0.3 is 11.1 Å². The summed E-state index contributed by atoms with van der Waals surface area (Å²) in [5, 5.41) is 3.01. The lowest BCUT2D eigenvalue weighted by Crippen LogP contribution is -2.50. The molecule has 3 nitrogen and oxygen atoms in total. The molecule has 0 heterocycles. The fourth-order valence-electron chi connectivity index (χ4n) is 3.11. The van der Waals surface area contributed by atoms with Gasteiger partial charge in [-0.3, -0.25) is 4.79 Å². The van der Waals surface area contributed by atoms with Crippen LogP contribution in [0.1, 0.15) is 64.2 Å². The monoisotopic (exact) mass is 238 g/mol. The number of carbonyl (C=O) groups is 1. The lowest BCUT2D eigenvalue weighted by atomic mass is 9.75. The van der Waals surface area contributed by atoms with Gasteiger partial charge in [0.05, 0.1) is 0 Å². The number of hydrogen-bond donors (Lipinski definition) is 2. The van der Waals surface area contributed by atoms with Crippen LogP contribution in [0.3, 0.4) is 0 Å². The second-order valence-corrected chi connectivity index (χ2v) is 6.04. The summed E-state index contributed by atoms with van der Waals surface area (Å²) in [4.78, 5) is 11.7. The topological polar surface area (TPSA) is 55.1 Å². The molecule has 0 unspecified atom stereocenters. The molecule has 0 aromatic carbocycles. The summed E-state index contributed by atoms with van der Waals surface area (Å²) in [6.07, 6.45) is 11.8. The van der Waals surface area contributed by atoms with Crippen LogP contribution < -0.4 is 11.1 Å². The first kappa shape index (κ1) is 12.9. The van der Waals surface area contributed by atoms with Gasteiger partial charge in [0.1, 0.15) is 0 Å². The molecule has 2 aliphatic carbocycles. The van der Waals surface area contributed by atoms with Gasteiger partial charge >= 0.3 is 0 Å². The van der Waals surface area contributed by atoms with Crippen LogP contribution in [0, 0.1) is 5.92 Å². The number of hydrogen-bond acceptors (Lipinski definition) is 2. The highest BCUT2D eigenvalue weighted by Gasteiger charge is 2.34. The van der Waals surface area contributed by atoms with E-state index < -0.39 is 0 Å². The van der Waals surface area contributed by atoms with Crippen molar-refractivity contribution in [2.24, 2.45) is 11.7 Å². The van der Waals surface area contributed by atoms with Crippen LogP contribution in [0.25, 0.3) is 0 Å². The quantitative estimate of drug-likeness (QED) is 0.698. The molecule has 0 aromatic rings. The van der Waals surface area contributed by atoms with Crippen molar-refractivity contribution in [3.05, 3.63) is 0 Å². The number of carbonyl (C=O) groups excluding carboxylic acids is 1. The molecule has 2 aliphatic rings. The zero-order valence-corrected chi connectivity index (χ0v) is 10.8. The third-order valence-corrected chi connectivity index (χ3v) is 4.45. The van der Waals surface area contributed by atoms with Crippen molar-refractivity contribution in [2.75, 3.05) is 6.54 Å². The maximum atomic E-state index is 11.7. The minimum Gasteiger partial charge on any atom is -0.356 e. The average molecular weight is 238 g/mol. The van der Waals surface area contributed by atoms with Gasteiger partial charge in [0.2, 0.25) is 5.91 Å². The number of rotatable bonds is 6. The van der Waals surface area contributed by atoms with E-state index in [1.54, 1.807) is 0 Å². The van der Waals surface area contributed by atoms with E-state index in [9.17, 15) is 4.79 Å². The average Bonchev–Trinajstić information content (AvgIpc) is 2.75. The molecule has 2 saturated carbocycles. The van der Waals surface area contributed by atoms with Crippen LogP contribution in [0.5, 0.6) is 0 Å². The van der Waals surface area contributed by atoms with Gasteiger partial charge in [-0.15, -0.1) is 0 Å².